The highest BCUT2D eigenvalue weighted by Crippen LogP contribution is 2.38. The predicted octanol–water partition coefficient (Wildman–Crippen LogP) is 2.17. The third-order valence-electron chi connectivity index (χ3n) is 4.79. The van der Waals surface area contributed by atoms with Crippen molar-refractivity contribution in [3.8, 4) is 5.88 Å². The lowest BCUT2D eigenvalue weighted by atomic mass is 10.1. The SMILES string of the molecule is COc1ccc(C(=O)N2CCC(OCc3nc(C4CC4)no3)CC2)cn1. The highest BCUT2D eigenvalue weighted by molar-refractivity contribution is 5.94. The maximum absolute atomic E-state index is 12.5. The van der Waals surface area contributed by atoms with Gasteiger partial charge in [-0.1, -0.05) is 5.16 Å². The molecule has 1 aliphatic carbocycles. The van der Waals surface area contributed by atoms with E-state index in [4.69, 9.17) is 14.0 Å². The minimum Gasteiger partial charge on any atom is -0.481 e. The molecule has 0 atom stereocenters. The van der Waals surface area contributed by atoms with Crippen LogP contribution in [0.5, 0.6) is 5.88 Å². The Morgan fingerprint density at radius 2 is 2.08 bits per heavy atom. The second kappa shape index (κ2) is 7.41. The van der Waals surface area contributed by atoms with Crippen molar-refractivity contribution < 1.29 is 18.8 Å². The average molecular weight is 358 g/mol. The minimum absolute atomic E-state index is 0.00965. The molecule has 0 radical (unpaired) electrons. The highest BCUT2D eigenvalue weighted by Gasteiger charge is 2.29. The molecular weight excluding hydrogens is 336 g/mol. The maximum Gasteiger partial charge on any atom is 0.255 e. The molecule has 4 rings (SSSR count). The van der Waals surface area contributed by atoms with E-state index in [0.717, 1.165) is 31.5 Å². The summed E-state index contributed by atoms with van der Waals surface area (Å²) in [6, 6.07) is 3.44. The maximum atomic E-state index is 12.5. The monoisotopic (exact) mass is 358 g/mol. The molecule has 1 aliphatic heterocycles. The third-order valence-corrected chi connectivity index (χ3v) is 4.79. The third kappa shape index (κ3) is 3.85. The molecule has 2 fully saturated rings. The van der Waals surface area contributed by atoms with E-state index in [0.29, 0.717) is 42.9 Å². The molecule has 2 aromatic heterocycles. The molecule has 0 aromatic carbocycles. The first-order valence-corrected chi connectivity index (χ1v) is 8.96. The number of aromatic nitrogens is 3. The van der Waals surface area contributed by atoms with E-state index in [1.165, 1.54) is 0 Å². The van der Waals surface area contributed by atoms with Crippen LogP contribution in [-0.2, 0) is 11.3 Å². The Kier molecular flexibility index (Phi) is 4.83. The van der Waals surface area contributed by atoms with Crippen molar-refractivity contribution in [3.63, 3.8) is 0 Å². The first kappa shape index (κ1) is 17.0. The lowest BCUT2D eigenvalue weighted by molar-refractivity contribution is -0.00978. The fourth-order valence-corrected chi connectivity index (χ4v) is 3.06. The van der Waals surface area contributed by atoms with E-state index in [9.17, 15) is 4.79 Å². The molecule has 0 N–H and O–H groups in total. The van der Waals surface area contributed by atoms with Crippen LogP contribution in [0.25, 0.3) is 0 Å². The highest BCUT2D eigenvalue weighted by atomic mass is 16.5. The summed E-state index contributed by atoms with van der Waals surface area (Å²) < 4.78 is 16.1. The molecule has 2 aromatic rings. The Morgan fingerprint density at radius 1 is 1.27 bits per heavy atom. The summed E-state index contributed by atoms with van der Waals surface area (Å²) in [7, 11) is 1.55. The smallest absolute Gasteiger partial charge is 0.255 e. The van der Waals surface area contributed by atoms with Crippen molar-refractivity contribution in [2.45, 2.75) is 44.3 Å². The van der Waals surface area contributed by atoms with E-state index < -0.39 is 0 Å². The van der Waals surface area contributed by atoms with Gasteiger partial charge in [0.1, 0.15) is 6.61 Å². The van der Waals surface area contributed by atoms with Gasteiger partial charge in [0.05, 0.1) is 18.8 Å². The molecule has 0 unspecified atom stereocenters. The zero-order valence-electron chi connectivity index (χ0n) is 14.8. The normalized spacial score (nSPS) is 18.1. The topological polar surface area (TPSA) is 90.6 Å². The van der Waals surface area contributed by atoms with Crippen LogP contribution in [0.15, 0.2) is 22.9 Å². The molecule has 1 saturated carbocycles. The number of carbonyl (C=O) groups excluding carboxylic acids is 1. The number of ether oxygens (including phenoxy) is 2. The molecule has 2 aliphatic rings. The van der Waals surface area contributed by atoms with Gasteiger partial charge in [-0.05, 0) is 31.7 Å². The summed E-state index contributed by atoms with van der Waals surface area (Å²) in [6.07, 6.45) is 5.53. The van der Waals surface area contributed by atoms with E-state index in [1.54, 1.807) is 25.4 Å². The molecule has 1 amide bonds. The van der Waals surface area contributed by atoms with E-state index in [1.807, 2.05) is 4.90 Å². The Hall–Kier alpha value is -2.48. The number of pyridine rings is 1. The van der Waals surface area contributed by atoms with Crippen LogP contribution in [0.3, 0.4) is 0 Å². The van der Waals surface area contributed by atoms with Crippen molar-refractivity contribution in [1.29, 1.82) is 0 Å². The van der Waals surface area contributed by atoms with Crippen LogP contribution in [0.1, 0.15) is 53.7 Å². The van der Waals surface area contributed by atoms with Crippen molar-refractivity contribution in [3.05, 3.63) is 35.6 Å². The Labute approximate surface area is 151 Å². The summed E-state index contributed by atoms with van der Waals surface area (Å²) in [5.41, 5.74) is 0.573. The zero-order chi connectivity index (χ0) is 17.9. The molecule has 0 bridgehead atoms. The van der Waals surface area contributed by atoms with Gasteiger partial charge in [-0.25, -0.2) is 4.98 Å². The van der Waals surface area contributed by atoms with Gasteiger partial charge in [0, 0.05) is 31.3 Å². The number of hydrogen-bond donors (Lipinski definition) is 0. The van der Waals surface area contributed by atoms with Gasteiger partial charge in [0.2, 0.25) is 5.88 Å². The summed E-state index contributed by atoms with van der Waals surface area (Å²) in [6.45, 7) is 1.65. The molecule has 1 saturated heterocycles. The van der Waals surface area contributed by atoms with Crippen LogP contribution < -0.4 is 4.74 Å². The fourth-order valence-electron chi connectivity index (χ4n) is 3.06. The number of piperidine rings is 1. The first-order valence-electron chi connectivity index (χ1n) is 8.96. The largest absolute Gasteiger partial charge is 0.481 e. The molecule has 0 spiro atoms. The summed E-state index contributed by atoms with van der Waals surface area (Å²) >= 11 is 0. The van der Waals surface area contributed by atoms with E-state index in [-0.39, 0.29) is 12.0 Å². The van der Waals surface area contributed by atoms with Gasteiger partial charge in [-0.2, -0.15) is 4.98 Å². The second-order valence-electron chi connectivity index (χ2n) is 6.71. The number of amides is 1. The van der Waals surface area contributed by atoms with Crippen LogP contribution in [0, 0.1) is 0 Å². The van der Waals surface area contributed by atoms with Gasteiger partial charge in [-0.3, -0.25) is 4.79 Å². The Morgan fingerprint density at radius 3 is 2.73 bits per heavy atom. The van der Waals surface area contributed by atoms with Crippen molar-refractivity contribution in [1.82, 2.24) is 20.0 Å². The summed E-state index contributed by atoms with van der Waals surface area (Å²) in [4.78, 5) is 22.8. The second-order valence-corrected chi connectivity index (χ2v) is 6.71. The van der Waals surface area contributed by atoms with Crippen molar-refractivity contribution >= 4 is 5.91 Å². The zero-order valence-corrected chi connectivity index (χ0v) is 14.8. The molecular formula is C18H22N4O4. The Bertz CT molecular complexity index is 749. The van der Waals surface area contributed by atoms with E-state index in [2.05, 4.69) is 15.1 Å². The van der Waals surface area contributed by atoms with Gasteiger partial charge in [0.15, 0.2) is 5.82 Å². The standard InChI is InChI=1S/C18H22N4O4/c1-24-15-5-4-13(10-19-15)18(23)22-8-6-14(7-9-22)25-11-16-20-17(21-26-16)12-2-3-12/h4-5,10,12,14H,2-3,6-9,11H2,1H3. The quantitative estimate of drug-likeness (QED) is 0.781. The predicted molar refractivity (Wildman–Crippen MR) is 90.8 cm³/mol. The number of hydrogen-bond acceptors (Lipinski definition) is 7. The van der Waals surface area contributed by atoms with E-state index >= 15 is 0 Å². The van der Waals surface area contributed by atoms with Crippen molar-refractivity contribution in [2.75, 3.05) is 20.2 Å². The van der Waals surface area contributed by atoms with Crippen LogP contribution in [0.4, 0.5) is 0 Å². The number of rotatable bonds is 6. The van der Waals surface area contributed by atoms with Crippen LogP contribution >= 0.6 is 0 Å². The van der Waals surface area contributed by atoms with Crippen molar-refractivity contribution in [2.24, 2.45) is 0 Å². The van der Waals surface area contributed by atoms with Crippen LogP contribution in [-0.4, -0.2) is 52.2 Å². The van der Waals surface area contributed by atoms with Gasteiger partial charge >= 0.3 is 0 Å². The molecule has 8 heteroatoms. The summed E-state index contributed by atoms with van der Waals surface area (Å²) in [5, 5.41) is 3.99. The molecule has 26 heavy (non-hydrogen) atoms. The summed E-state index contributed by atoms with van der Waals surface area (Å²) in [5.74, 6) is 2.31. The number of methoxy groups -OCH3 is 1. The Balaban J connectivity index is 1.24. The number of carbonyl (C=O) groups is 1. The van der Waals surface area contributed by atoms with Gasteiger partial charge < -0.3 is 18.9 Å². The number of nitrogens with zero attached hydrogens (tertiary/aromatic N) is 4. The number of likely N-dealkylation sites (tertiary alicyclic amines) is 1. The lowest BCUT2D eigenvalue weighted by Crippen LogP contribution is -2.40. The molecule has 8 nitrogen and oxygen atoms in total. The van der Waals surface area contributed by atoms with Gasteiger partial charge in [-0.15, -0.1) is 0 Å². The first-order chi connectivity index (χ1) is 12.7. The molecule has 3 heterocycles. The van der Waals surface area contributed by atoms with Crippen LogP contribution in [0.2, 0.25) is 0 Å². The fraction of sp³-hybridized carbons (Fsp3) is 0.556. The molecule has 138 valence electrons. The van der Waals surface area contributed by atoms with Gasteiger partial charge in [0.25, 0.3) is 11.8 Å². The minimum atomic E-state index is -0.00965. The lowest BCUT2D eigenvalue weighted by Gasteiger charge is -2.31. The average Bonchev–Trinajstić information content (AvgIpc) is 3.44.